The predicted octanol–water partition coefficient (Wildman–Crippen LogP) is 3.57. The van der Waals surface area contributed by atoms with E-state index in [1.165, 1.54) is 18.4 Å². The van der Waals surface area contributed by atoms with Crippen LogP contribution in [0.15, 0.2) is 34.1 Å². The van der Waals surface area contributed by atoms with E-state index in [-0.39, 0.29) is 18.4 Å². The monoisotopic (exact) mass is 521 g/mol. The number of hydrogen-bond donors (Lipinski definition) is 1. The van der Waals surface area contributed by atoms with Crippen LogP contribution in [0.25, 0.3) is 0 Å². The van der Waals surface area contributed by atoms with Crippen LogP contribution in [0, 0.1) is 6.92 Å². The number of halogens is 1. The molecule has 2 aromatic rings. The summed E-state index contributed by atoms with van der Waals surface area (Å²) in [6.45, 7) is 3.67. The van der Waals surface area contributed by atoms with Crippen molar-refractivity contribution in [3.63, 3.8) is 0 Å². The summed E-state index contributed by atoms with van der Waals surface area (Å²) in [6, 6.07) is 8.26. The molecule has 0 spiro atoms. The van der Waals surface area contributed by atoms with Crippen LogP contribution in [-0.4, -0.2) is 61.7 Å². The molecule has 3 heterocycles. The summed E-state index contributed by atoms with van der Waals surface area (Å²) < 4.78 is 11.5. The van der Waals surface area contributed by atoms with Gasteiger partial charge >= 0.3 is 6.09 Å². The van der Waals surface area contributed by atoms with E-state index in [0.717, 1.165) is 35.3 Å². The first-order valence-corrected chi connectivity index (χ1v) is 12.0. The fourth-order valence-corrected chi connectivity index (χ4v) is 5.29. The van der Waals surface area contributed by atoms with E-state index in [1.54, 1.807) is 29.2 Å². The lowest BCUT2D eigenvalue weighted by atomic mass is 10.1. The van der Waals surface area contributed by atoms with Gasteiger partial charge in [0.25, 0.3) is 11.8 Å². The van der Waals surface area contributed by atoms with Crippen LogP contribution < -0.4 is 15.0 Å². The summed E-state index contributed by atoms with van der Waals surface area (Å²) in [7, 11) is 1.44. The first-order chi connectivity index (χ1) is 15.4. The molecule has 170 valence electrons. The molecule has 0 aliphatic carbocycles. The second kappa shape index (κ2) is 9.60. The van der Waals surface area contributed by atoms with Gasteiger partial charge in [0.1, 0.15) is 0 Å². The molecule has 1 aromatic carbocycles. The standard InChI is InChI=1S/C22H24BrN3O5S/c1-13-11-14(5-6-15(13)20(27)25-9-3-4-10-25)26-12-16(19(30-2)21(26)28)24-22(29)31-18-8-7-17(23)32-18/h5-8,11,16,19H,3-4,9-10,12H2,1-2H3,(H,24,29). The Hall–Kier alpha value is -2.43. The number of thiophene rings is 1. The summed E-state index contributed by atoms with van der Waals surface area (Å²) in [4.78, 5) is 41.5. The van der Waals surface area contributed by atoms with Gasteiger partial charge in [-0.25, -0.2) is 4.79 Å². The molecule has 2 unspecified atom stereocenters. The number of aryl methyl sites for hydroxylation is 1. The molecule has 1 N–H and O–H groups in total. The molecule has 2 fully saturated rings. The Morgan fingerprint density at radius 3 is 2.56 bits per heavy atom. The number of ether oxygens (including phenoxy) is 2. The maximum absolute atomic E-state index is 13.0. The molecule has 8 nitrogen and oxygen atoms in total. The Bertz CT molecular complexity index is 1040. The Morgan fingerprint density at radius 1 is 1.19 bits per heavy atom. The van der Waals surface area contributed by atoms with E-state index >= 15 is 0 Å². The maximum Gasteiger partial charge on any atom is 0.413 e. The minimum atomic E-state index is -0.830. The molecular formula is C22H24BrN3O5S. The average Bonchev–Trinajstić information content (AvgIpc) is 3.49. The summed E-state index contributed by atoms with van der Waals surface area (Å²) >= 11 is 4.61. The minimum absolute atomic E-state index is 0.0246. The van der Waals surface area contributed by atoms with Crippen LogP contribution in [0.4, 0.5) is 10.5 Å². The molecular weight excluding hydrogens is 498 g/mol. The highest BCUT2D eigenvalue weighted by Gasteiger charge is 2.42. The molecule has 10 heteroatoms. The second-order valence-corrected chi connectivity index (χ2v) is 10.2. The van der Waals surface area contributed by atoms with Gasteiger partial charge in [0.2, 0.25) is 0 Å². The van der Waals surface area contributed by atoms with Crippen LogP contribution in [0.1, 0.15) is 28.8 Å². The second-order valence-electron chi connectivity index (χ2n) is 7.80. The molecule has 0 bridgehead atoms. The first kappa shape index (κ1) is 22.8. The third-order valence-corrected chi connectivity index (χ3v) is 7.20. The highest BCUT2D eigenvalue weighted by Crippen LogP contribution is 2.29. The Balaban J connectivity index is 1.46. The minimum Gasteiger partial charge on any atom is -0.399 e. The number of carbonyl (C=O) groups excluding carboxylic acids is 3. The van der Waals surface area contributed by atoms with Crippen LogP contribution >= 0.6 is 27.3 Å². The largest absolute Gasteiger partial charge is 0.413 e. The number of methoxy groups -OCH3 is 1. The molecule has 2 saturated heterocycles. The molecule has 3 amide bonds. The van der Waals surface area contributed by atoms with E-state index in [2.05, 4.69) is 21.2 Å². The lowest BCUT2D eigenvalue weighted by Crippen LogP contribution is -2.45. The molecule has 4 rings (SSSR count). The van der Waals surface area contributed by atoms with Crippen molar-refractivity contribution in [1.82, 2.24) is 10.2 Å². The van der Waals surface area contributed by atoms with Crippen LogP contribution in [-0.2, 0) is 9.53 Å². The lowest BCUT2D eigenvalue weighted by molar-refractivity contribution is -0.126. The molecule has 32 heavy (non-hydrogen) atoms. The average molecular weight is 522 g/mol. The van der Waals surface area contributed by atoms with Crippen molar-refractivity contribution in [3.8, 4) is 5.06 Å². The van der Waals surface area contributed by atoms with Gasteiger partial charge < -0.3 is 24.6 Å². The fourth-order valence-electron chi connectivity index (χ4n) is 4.10. The smallest absolute Gasteiger partial charge is 0.399 e. The molecule has 1 aromatic heterocycles. The van der Waals surface area contributed by atoms with Gasteiger partial charge in [-0.05, 0) is 71.6 Å². The van der Waals surface area contributed by atoms with Gasteiger partial charge in [-0.15, -0.1) is 0 Å². The number of hydrogen-bond acceptors (Lipinski definition) is 6. The fraction of sp³-hybridized carbons (Fsp3) is 0.409. The molecule has 2 aliphatic heterocycles. The summed E-state index contributed by atoms with van der Waals surface area (Å²) in [5, 5.41) is 3.17. The number of anilines is 1. The zero-order chi connectivity index (χ0) is 22.8. The molecule has 2 atom stereocenters. The van der Waals surface area contributed by atoms with Gasteiger partial charge in [0.15, 0.2) is 11.2 Å². The Morgan fingerprint density at radius 2 is 1.94 bits per heavy atom. The van der Waals surface area contributed by atoms with Gasteiger partial charge in [0, 0.05) is 38.0 Å². The normalized spacial score (nSPS) is 20.7. The highest BCUT2D eigenvalue weighted by molar-refractivity contribution is 9.11. The van der Waals surface area contributed by atoms with E-state index in [9.17, 15) is 14.4 Å². The van der Waals surface area contributed by atoms with Gasteiger partial charge in [-0.1, -0.05) is 11.3 Å². The Labute approximate surface area is 198 Å². The van der Waals surface area contributed by atoms with Gasteiger partial charge in [-0.3, -0.25) is 9.59 Å². The third kappa shape index (κ3) is 4.67. The van der Waals surface area contributed by atoms with Crippen LogP contribution in [0.5, 0.6) is 5.06 Å². The van der Waals surface area contributed by atoms with E-state index in [1.807, 2.05) is 17.9 Å². The number of nitrogens with zero attached hydrogens (tertiary/aromatic N) is 2. The number of rotatable bonds is 5. The molecule has 2 aliphatic rings. The lowest BCUT2D eigenvalue weighted by Gasteiger charge is -2.20. The number of benzene rings is 1. The third-order valence-electron chi connectivity index (χ3n) is 5.70. The summed E-state index contributed by atoms with van der Waals surface area (Å²) in [6.07, 6.45) is 0.585. The van der Waals surface area contributed by atoms with E-state index < -0.39 is 18.2 Å². The number of amides is 3. The van der Waals surface area contributed by atoms with Crippen molar-refractivity contribution >= 4 is 50.9 Å². The maximum atomic E-state index is 13.0. The number of nitrogens with one attached hydrogen (secondary N) is 1. The zero-order valence-electron chi connectivity index (χ0n) is 17.8. The quantitative estimate of drug-likeness (QED) is 0.649. The SMILES string of the molecule is COC1C(=O)N(c2ccc(C(=O)N3CCCC3)c(C)c2)CC1NC(=O)Oc1ccc(Br)s1. The van der Waals surface area contributed by atoms with Gasteiger partial charge in [-0.2, -0.15) is 0 Å². The van der Waals surface area contributed by atoms with E-state index in [4.69, 9.17) is 9.47 Å². The topological polar surface area (TPSA) is 88.2 Å². The van der Waals surface area contributed by atoms with Crippen molar-refractivity contribution in [2.75, 3.05) is 31.6 Å². The van der Waals surface area contributed by atoms with Crippen molar-refractivity contribution in [2.45, 2.75) is 31.9 Å². The van der Waals surface area contributed by atoms with Crippen molar-refractivity contribution in [2.24, 2.45) is 0 Å². The molecule has 0 radical (unpaired) electrons. The Kier molecular flexibility index (Phi) is 6.82. The molecule has 0 saturated carbocycles. The number of carbonyl (C=O) groups is 3. The van der Waals surface area contributed by atoms with Crippen LogP contribution in [0.3, 0.4) is 0 Å². The van der Waals surface area contributed by atoms with Crippen molar-refractivity contribution < 1.29 is 23.9 Å². The predicted molar refractivity (Wildman–Crippen MR) is 124 cm³/mol. The highest BCUT2D eigenvalue weighted by atomic mass is 79.9. The van der Waals surface area contributed by atoms with Crippen molar-refractivity contribution in [1.29, 1.82) is 0 Å². The number of likely N-dealkylation sites (tertiary alicyclic amines) is 1. The van der Waals surface area contributed by atoms with Crippen LogP contribution in [0.2, 0.25) is 0 Å². The van der Waals surface area contributed by atoms with Gasteiger partial charge in [0.05, 0.1) is 9.83 Å². The summed E-state index contributed by atoms with van der Waals surface area (Å²) in [5.74, 6) is -0.230. The summed E-state index contributed by atoms with van der Waals surface area (Å²) in [5.41, 5.74) is 2.11. The van der Waals surface area contributed by atoms with Crippen molar-refractivity contribution in [3.05, 3.63) is 45.2 Å². The first-order valence-electron chi connectivity index (χ1n) is 10.3. The van der Waals surface area contributed by atoms with E-state index in [0.29, 0.717) is 16.3 Å². The zero-order valence-corrected chi connectivity index (χ0v) is 20.2.